The Bertz CT molecular complexity index is 1310. The predicted molar refractivity (Wildman–Crippen MR) is 123 cm³/mol. The Morgan fingerprint density at radius 2 is 2.00 bits per heavy atom. The van der Waals surface area contributed by atoms with Gasteiger partial charge in [-0.1, -0.05) is 43.4 Å². The van der Waals surface area contributed by atoms with E-state index in [0.717, 1.165) is 29.9 Å². The highest BCUT2D eigenvalue weighted by atomic mass is 32.1. The van der Waals surface area contributed by atoms with Crippen molar-refractivity contribution in [3.8, 4) is 5.75 Å². The number of methoxy groups -OCH3 is 1. The molecule has 0 atom stereocenters. The number of para-hydroxylation sites is 1. The van der Waals surface area contributed by atoms with Gasteiger partial charge in [0.25, 0.3) is 5.91 Å². The Kier molecular flexibility index (Phi) is 6.01. The van der Waals surface area contributed by atoms with Gasteiger partial charge < -0.3 is 9.15 Å². The van der Waals surface area contributed by atoms with Crippen molar-refractivity contribution in [1.82, 2.24) is 9.88 Å². The Morgan fingerprint density at radius 1 is 1.19 bits per heavy atom. The van der Waals surface area contributed by atoms with Crippen LogP contribution in [0.5, 0.6) is 5.75 Å². The van der Waals surface area contributed by atoms with E-state index in [-0.39, 0.29) is 5.56 Å². The second kappa shape index (κ2) is 8.87. The molecule has 2 aromatic heterocycles. The lowest BCUT2D eigenvalue weighted by molar-refractivity contribution is 0.102. The Hall–Kier alpha value is -3.23. The van der Waals surface area contributed by atoms with Crippen LogP contribution in [0.2, 0.25) is 0 Å². The summed E-state index contributed by atoms with van der Waals surface area (Å²) in [7, 11) is 1.50. The van der Waals surface area contributed by atoms with Gasteiger partial charge in [-0.15, -0.1) is 0 Å². The van der Waals surface area contributed by atoms with Crippen molar-refractivity contribution in [2.24, 2.45) is 0 Å². The first-order valence-electron chi connectivity index (χ1n) is 10.1. The summed E-state index contributed by atoms with van der Waals surface area (Å²) in [5.41, 5.74) is 1.51. The quantitative estimate of drug-likeness (QED) is 0.429. The molecule has 0 aliphatic carbocycles. The minimum absolute atomic E-state index is 0.0813. The normalized spacial score (nSPS) is 11.4. The molecule has 7 nitrogen and oxygen atoms in total. The van der Waals surface area contributed by atoms with Gasteiger partial charge in [0.2, 0.25) is 0 Å². The maximum atomic E-state index is 12.8. The minimum atomic E-state index is -0.725. The SMILES string of the molecule is CCN(CC)Cc1ccc2nc(NC(=O)c3cc4cccc(OC)c4oc3=O)sc2c1. The van der Waals surface area contributed by atoms with Gasteiger partial charge >= 0.3 is 5.63 Å². The third-order valence-corrected chi connectivity index (χ3v) is 6.10. The number of thiazole rings is 1. The van der Waals surface area contributed by atoms with Crippen LogP contribution in [-0.4, -0.2) is 36.0 Å². The number of amides is 1. The number of rotatable bonds is 7. The van der Waals surface area contributed by atoms with E-state index in [4.69, 9.17) is 9.15 Å². The zero-order valence-corrected chi connectivity index (χ0v) is 18.4. The van der Waals surface area contributed by atoms with Crippen molar-refractivity contribution < 1.29 is 13.9 Å². The average Bonchev–Trinajstić information content (AvgIpc) is 3.17. The van der Waals surface area contributed by atoms with E-state index in [9.17, 15) is 9.59 Å². The van der Waals surface area contributed by atoms with Crippen LogP contribution in [0.25, 0.3) is 21.2 Å². The first-order chi connectivity index (χ1) is 15.0. The van der Waals surface area contributed by atoms with Crippen LogP contribution in [0.4, 0.5) is 5.13 Å². The summed E-state index contributed by atoms with van der Waals surface area (Å²) in [6.45, 7) is 7.12. The van der Waals surface area contributed by atoms with Gasteiger partial charge in [0, 0.05) is 11.9 Å². The standard InChI is InChI=1S/C23H23N3O4S/c1-4-26(5-2)13-14-9-10-17-19(11-14)31-23(24-17)25-21(27)16-12-15-7-6-8-18(29-3)20(15)30-22(16)28/h6-12H,4-5,13H2,1-3H3,(H,24,25,27). The zero-order valence-electron chi connectivity index (χ0n) is 17.6. The fraction of sp³-hybridized carbons (Fsp3) is 0.261. The number of benzene rings is 2. The Labute approximate surface area is 183 Å². The van der Waals surface area contributed by atoms with Crippen LogP contribution in [-0.2, 0) is 6.54 Å². The summed E-state index contributed by atoms with van der Waals surface area (Å²) < 4.78 is 11.5. The van der Waals surface area contributed by atoms with Crippen molar-refractivity contribution in [3.05, 3.63) is 64.0 Å². The van der Waals surface area contributed by atoms with Crippen LogP contribution < -0.4 is 15.7 Å². The molecule has 4 aromatic rings. The van der Waals surface area contributed by atoms with Crippen LogP contribution >= 0.6 is 11.3 Å². The molecule has 0 radical (unpaired) electrons. The number of anilines is 1. The molecule has 0 spiro atoms. The van der Waals surface area contributed by atoms with Gasteiger partial charge in [0.1, 0.15) is 5.56 Å². The van der Waals surface area contributed by atoms with Gasteiger partial charge in [-0.25, -0.2) is 9.78 Å². The van der Waals surface area contributed by atoms with E-state index < -0.39 is 11.5 Å². The maximum absolute atomic E-state index is 12.8. The monoisotopic (exact) mass is 437 g/mol. The van der Waals surface area contributed by atoms with Gasteiger partial charge in [0.15, 0.2) is 16.5 Å². The fourth-order valence-electron chi connectivity index (χ4n) is 3.43. The molecule has 0 saturated heterocycles. The number of carbonyl (C=O) groups excluding carboxylic acids is 1. The highest BCUT2D eigenvalue weighted by Gasteiger charge is 2.17. The highest BCUT2D eigenvalue weighted by Crippen LogP contribution is 2.28. The number of hydrogen-bond acceptors (Lipinski definition) is 7. The van der Waals surface area contributed by atoms with E-state index in [0.29, 0.717) is 21.9 Å². The van der Waals surface area contributed by atoms with Crippen molar-refractivity contribution in [3.63, 3.8) is 0 Å². The van der Waals surface area contributed by atoms with E-state index in [1.165, 1.54) is 30.1 Å². The molecule has 2 heterocycles. The molecule has 31 heavy (non-hydrogen) atoms. The van der Waals surface area contributed by atoms with Crippen LogP contribution in [0.15, 0.2) is 51.7 Å². The summed E-state index contributed by atoms with van der Waals surface area (Å²) in [6, 6.07) is 12.8. The number of carbonyl (C=O) groups is 1. The summed E-state index contributed by atoms with van der Waals surface area (Å²) in [4.78, 5) is 32.0. The van der Waals surface area contributed by atoms with Gasteiger partial charge in [-0.3, -0.25) is 15.0 Å². The zero-order chi connectivity index (χ0) is 22.0. The lowest BCUT2D eigenvalue weighted by atomic mass is 10.1. The summed E-state index contributed by atoms with van der Waals surface area (Å²) in [6.07, 6.45) is 0. The fourth-order valence-corrected chi connectivity index (χ4v) is 4.35. The molecule has 1 N–H and O–H groups in total. The lowest BCUT2D eigenvalue weighted by Gasteiger charge is -2.17. The molecule has 0 aliphatic rings. The molecule has 0 saturated carbocycles. The number of hydrogen-bond donors (Lipinski definition) is 1. The van der Waals surface area contributed by atoms with Crippen LogP contribution in [0, 0.1) is 0 Å². The molecular weight excluding hydrogens is 414 g/mol. The number of aromatic nitrogens is 1. The van der Waals surface area contributed by atoms with Crippen LogP contribution in [0.1, 0.15) is 29.8 Å². The van der Waals surface area contributed by atoms with E-state index in [1.807, 2.05) is 6.07 Å². The summed E-state index contributed by atoms with van der Waals surface area (Å²) in [5.74, 6) is -0.117. The van der Waals surface area contributed by atoms with Crippen molar-refractivity contribution in [2.75, 3.05) is 25.5 Å². The van der Waals surface area contributed by atoms with Crippen molar-refractivity contribution in [2.45, 2.75) is 20.4 Å². The summed E-state index contributed by atoms with van der Waals surface area (Å²) in [5, 5.41) is 3.77. The van der Waals surface area contributed by atoms with Crippen molar-refractivity contribution in [1.29, 1.82) is 0 Å². The molecule has 1 amide bonds. The topological polar surface area (TPSA) is 84.7 Å². The van der Waals surface area contributed by atoms with Crippen molar-refractivity contribution >= 4 is 43.6 Å². The third kappa shape index (κ3) is 4.30. The molecular formula is C23H23N3O4S. The van der Waals surface area contributed by atoms with Crippen LogP contribution in [0.3, 0.4) is 0 Å². The largest absolute Gasteiger partial charge is 0.493 e. The molecule has 8 heteroatoms. The first kappa shape index (κ1) is 21.0. The maximum Gasteiger partial charge on any atom is 0.349 e. The minimum Gasteiger partial charge on any atom is -0.493 e. The highest BCUT2D eigenvalue weighted by molar-refractivity contribution is 7.22. The van der Waals surface area contributed by atoms with Gasteiger partial charge in [-0.05, 0) is 42.9 Å². The molecule has 0 fully saturated rings. The number of nitrogens with zero attached hydrogens (tertiary/aromatic N) is 2. The lowest BCUT2D eigenvalue weighted by Crippen LogP contribution is -2.21. The average molecular weight is 438 g/mol. The molecule has 4 rings (SSSR count). The van der Waals surface area contributed by atoms with Gasteiger partial charge in [0.05, 0.1) is 17.3 Å². The van der Waals surface area contributed by atoms with E-state index in [1.54, 1.807) is 18.2 Å². The molecule has 0 bridgehead atoms. The molecule has 0 unspecified atom stereocenters. The number of ether oxygens (including phenoxy) is 1. The third-order valence-electron chi connectivity index (χ3n) is 5.16. The number of fused-ring (bicyclic) bond motifs is 2. The first-order valence-corrected chi connectivity index (χ1v) is 10.9. The summed E-state index contributed by atoms with van der Waals surface area (Å²) >= 11 is 1.38. The smallest absolute Gasteiger partial charge is 0.349 e. The second-order valence-electron chi connectivity index (χ2n) is 7.06. The molecule has 0 aliphatic heterocycles. The van der Waals surface area contributed by atoms with E-state index in [2.05, 4.69) is 41.2 Å². The predicted octanol–water partition coefficient (Wildman–Crippen LogP) is 4.51. The second-order valence-corrected chi connectivity index (χ2v) is 8.09. The number of nitrogens with one attached hydrogen (secondary N) is 1. The molecule has 2 aromatic carbocycles. The Balaban J connectivity index is 1.59. The van der Waals surface area contributed by atoms with Gasteiger partial charge in [-0.2, -0.15) is 0 Å². The molecule has 160 valence electrons. The van der Waals surface area contributed by atoms with E-state index >= 15 is 0 Å². The Morgan fingerprint density at radius 3 is 2.74 bits per heavy atom.